The number of hydrogen-bond donors (Lipinski definition) is 1. The molecule has 0 spiro atoms. The molecule has 0 radical (unpaired) electrons. The van der Waals surface area contributed by atoms with Crippen molar-refractivity contribution in [1.82, 2.24) is 14.7 Å². The SMILES string of the molecule is O=[N+]([O-])c1cccc(CN2CCC(N3CCN(CCO)CC3)CC2)c1. The first-order chi connectivity index (χ1) is 12.2. The van der Waals surface area contributed by atoms with E-state index in [-0.39, 0.29) is 17.2 Å². The van der Waals surface area contributed by atoms with E-state index in [0.717, 1.165) is 70.8 Å². The van der Waals surface area contributed by atoms with Crippen LogP contribution in [0.2, 0.25) is 0 Å². The van der Waals surface area contributed by atoms with Gasteiger partial charge in [0.15, 0.2) is 0 Å². The van der Waals surface area contributed by atoms with Crippen LogP contribution in [0.25, 0.3) is 0 Å². The van der Waals surface area contributed by atoms with Crippen LogP contribution in [0.15, 0.2) is 24.3 Å². The highest BCUT2D eigenvalue weighted by Gasteiger charge is 2.27. The van der Waals surface area contributed by atoms with E-state index in [4.69, 9.17) is 5.11 Å². The number of likely N-dealkylation sites (tertiary alicyclic amines) is 1. The first-order valence-corrected chi connectivity index (χ1v) is 9.18. The minimum Gasteiger partial charge on any atom is -0.395 e. The second-order valence-electron chi connectivity index (χ2n) is 7.04. The van der Waals surface area contributed by atoms with Gasteiger partial charge in [-0.2, -0.15) is 0 Å². The third-order valence-electron chi connectivity index (χ3n) is 5.42. The standard InChI is InChI=1S/C18H28N4O3/c23-13-12-19-8-10-21(11-9-19)17-4-6-20(7-5-17)15-16-2-1-3-18(14-16)22(24)25/h1-3,14,17,23H,4-13,15H2. The summed E-state index contributed by atoms with van der Waals surface area (Å²) >= 11 is 0. The molecule has 138 valence electrons. The van der Waals surface area contributed by atoms with E-state index < -0.39 is 0 Å². The maximum atomic E-state index is 10.9. The van der Waals surface area contributed by atoms with Gasteiger partial charge in [-0.05, 0) is 31.5 Å². The van der Waals surface area contributed by atoms with Crippen molar-refractivity contribution < 1.29 is 10.0 Å². The van der Waals surface area contributed by atoms with Crippen LogP contribution < -0.4 is 0 Å². The molecule has 1 aromatic carbocycles. The zero-order valence-corrected chi connectivity index (χ0v) is 14.7. The predicted molar refractivity (Wildman–Crippen MR) is 96.5 cm³/mol. The van der Waals surface area contributed by atoms with E-state index in [1.54, 1.807) is 18.2 Å². The van der Waals surface area contributed by atoms with Crippen LogP contribution in [0.5, 0.6) is 0 Å². The number of nitro groups is 1. The average molecular weight is 348 g/mol. The molecular formula is C18H28N4O3. The molecule has 25 heavy (non-hydrogen) atoms. The Kier molecular flexibility index (Phi) is 6.36. The van der Waals surface area contributed by atoms with Crippen molar-refractivity contribution in [3.05, 3.63) is 39.9 Å². The lowest BCUT2D eigenvalue weighted by Gasteiger charge is -2.42. The Morgan fingerprint density at radius 3 is 2.44 bits per heavy atom. The van der Waals surface area contributed by atoms with Gasteiger partial charge in [0.05, 0.1) is 11.5 Å². The van der Waals surface area contributed by atoms with Crippen LogP contribution in [0, 0.1) is 10.1 Å². The summed E-state index contributed by atoms with van der Waals surface area (Å²) in [4.78, 5) is 17.9. The Bertz CT molecular complexity index is 567. The lowest BCUT2D eigenvalue weighted by molar-refractivity contribution is -0.384. The van der Waals surface area contributed by atoms with Crippen molar-refractivity contribution in [1.29, 1.82) is 0 Å². The Hall–Kier alpha value is -1.54. The third-order valence-corrected chi connectivity index (χ3v) is 5.42. The van der Waals surface area contributed by atoms with Crippen molar-refractivity contribution in [2.75, 3.05) is 52.4 Å². The van der Waals surface area contributed by atoms with Gasteiger partial charge < -0.3 is 5.11 Å². The minimum absolute atomic E-state index is 0.174. The fourth-order valence-corrected chi connectivity index (χ4v) is 3.96. The second-order valence-corrected chi connectivity index (χ2v) is 7.04. The van der Waals surface area contributed by atoms with E-state index in [0.29, 0.717) is 6.04 Å². The maximum absolute atomic E-state index is 10.9. The van der Waals surface area contributed by atoms with E-state index in [1.165, 1.54) is 0 Å². The number of aliphatic hydroxyl groups excluding tert-OH is 1. The average Bonchev–Trinajstić information content (AvgIpc) is 2.64. The van der Waals surface area contributed by atoms with Crippen LogP contribution >= 0.6 is 0 Å². The number of rotatable bonds is 6. The molecule has 0 aliphatic carbocycles. The molecule has 3 rings (SSSR count). The van der Waals surface area contributed by atoms with Gasteiger partial charge in [0.25, 0.3) is 5.69 Å². The molecule has 7 nitrogen and oxygen atoms in total. The molecule has 2 aliphatic rings. The molecular weight excluding hydrogens is 320 g/mol. The molecule has 2 heterocycles. The summed E-state index contributed by atoms with van der Waals surface area (Å²) in [6.07, 6.45) is 2.32. The molecule has 0 unspecified atom stereocenters. The molecule has 0 saturated carbocycles. The minimum atomic E-state index is -0.327. The van der Waals surface area contributed by atoms with Gasteiger partial charge in [-0.15, -0.1) is 0 Å². The topological polar surface area (TPSA) is 73.1 Å². The molecule has 1 aromatic rings. The zero-order valence-electron chi connectivity index (χ0n) is 14.7. The number of aliphatic hydroxyl groups is 1. The van der Waals surface area contributed by atoms with Gasteiger partial charge in [0.1, 0.15) is 0 Å². The van der Waals surface area contributed by atoms with Gasteiger partial charge >= 0.3 is 0 Å². The summed E-state index contributed by atoms with van der Waals surface area (Å²) in [5.74, 6) is 0. The van der Waals surface area contributed by atoms with Gasteiger partial charge in [-0.25, -0.2) is 0 Å². The van der Waals surface area contributed by atoms with Crippen LogP contribution in [0.1, 0.15) is 18.4 Å². The van der Waals surface area contributed by atoms with Crippen molar-refractivity contribution in [2.24, 2.45) is 0 Å². The van der Waals surface area contributed by atoms with Gasteiger partial charge in [0, 0.05) is 57.4 Å². The number of nitrogens with zero attached hydrogens (tertiary/aromatic N) is 4. The summed E-state index contributed by atoms with van der Waals surface area (Å²) in [5, 5.41) is 19.9. The van der Waals surface area contributed by atoms with E-state index in [1.807, 2.05) is 6.07 Å². The third kappa shape index (κ3) is 4.98. The Balaban J connectivity index is 1.45. The first-order valence-electron chi connectivity index (χ1n) is 9.18. The number of hydrogen-bond acceptors (Lipinski definition) is 6. The molecule has 0 aromatic heterocycles. The van der Waals surface area contributed by atoms with Crippen LogP contribution in [0.4, 0.5) is 5.69 Å². The molecule has 0 atom stereocenters. The zero-order chi connectivity index (χ0) is 17.6. The number of nitro benzene ring substituents is 1. The summed E-state index contributed by atoms with van der Waals surface area (Å²) in [6.45, 7) is 8.20. The van der Waals surface area contributed by atoms with Crippen LogP contribution in [0.3, 0.4) is 0 Å². The molecule has 2 fully saturated rings. The Morgan fingerprint density at radius 2 is 1.80 bits per heavy atom. The molecule has 7 heteroatoms. The van der Waals surface area contributed by atoms with Gasteiger partial charge in [-0.1, -0.05) is 12.1 Å². The normalized spacial score (nSPS) is 21.5. The van der Waals surface area contributed by atoms with Crippen molar-refractivity contribution >= 4 is 5.69 Å². The summed E-state index contributed by atoms with van der Waals surface area (Å²) < 4.78 is 0. The molecule has 2 aliphatic heterocycles. The first kappa shape index (κ1) is 18.3. The van der Waals surface area contributed by atoms with Gasteiger partial charge in [0.2, 0.25) is 0 Å². The highest BCUT2D eigenvalue weighted by molar-refractivity contribution is 5.34. The monoisotopic (exact) mass is 348 g/mol. The predicted octanol–water partition coefficient (Wildman–Crippen LogP) is 1.17. The summed E-state index contributed by atoms with van der Waals surface area (Å²) in [7, 11) is 0. The van der Waals surface area contributed by atoms with Crippen molar-refractivity contribution in [3.8, 4) is 0 Å². The van der Waals surface area contributed by atoms with Crippen LogP contribution in [-0.2, 0) is 6.54 Å². The lowest BCUT2D eigenvalue weighted by Crippen LogP contribution is -2.53. The maximum Gasteiger partial charge on any atom is 0.269 e. The Labute approximate surface area is 149 Å². The van der Waals surface area contributed by atoms with Crippen LogP contribution in [-0.4, -0.2) is 83.2 Å². The lowest BCUT2D eigenvalue weighted by atomic mass is 10.0. The number of benzene rings is 1. The highest BCUT2D eigenvalue weighted by Crippen LogP contribution is 2.21. The molecule has 1 N–H and O–H groups in total. The number of β-amino-alcohol motifs (C(OH)–C–C–N with tert-alkyl or cyclic N) is 1. The number of piperidine rings is 1. The summed E-state index contributed by atoms with van der Waals surface area (Å²) in [5.41, 5.74) is 1.19. The second kappa shape index (κ2) is 8.71. The summed E-state index contributed by atoms with van der Waals surface area (Å²) in [6, 6.07) is 7.63. The van der Waals surface area contributed by atoms with Crippen molar-refractivity contribution in [2.45, 2.75) is 25.4 Å². The van der Waals surface area contributed by atoms with E-state index in [2.05, 4.69) is 14.7 Å². The van der Waals surface area contributed by atoms with Crippen molar-refractivity contribution in [3.63, 3.8) is 0 Å². The number of non-ortho nitro benzene ring substituents is 1. The fourth-order valence-electron chi connectivity index (χ4n) is 3.96. The number of piperazine rings is 1. The van der Waals surface area contributed by atoms with E-state index >= 15 is 0 Å². The largest absolute Gasteiger partial charge is 0.395 e. The Morgan fingerprint density at radius 1 is 1.08 bits per heavy atom. The fraction of sp³-hybridized carbons (Fsp3) is 0.667. The molecule has 2 saturated heterocycles. The van der Waals surface area contributed by atoms with Gasteiger partial charge in [-0.3, -0.25) is 24.8 Å². The smallest absolute Gasteiger partial charge is 0.269 e. The molecule has 0 amide bonds. The van der Waals surface area contributed by atoms with E-state index in [9.17, 15) is 10.1 Å². The molecule has 0 bridgehead atoms. The quantitative estimate of drug-likeness (QED) is 0.615. The highest BCUT2D eigenvalue weighted by atomic mass is 16.6.